The predicted octanol–water partition coefficient (Wildman–Crippen LogP) is 3.89. The highest BCUT2D eigenvalue weighted by atomic mass is 79.9. The third-order valence-corrected chi connectivity index (χ3v) is 3.77. The van der Waals surface area contributed by atoms with Gasteiger partial charge in [0.25, 0.3) is 0 Å². The summed E-state index contributed by atoms with van der Waals surface area (Å²) in [5, 5.41) is 10.2. The summed E-state index contributed by atoms with van der Waals surface area (Å²) < 4.78 is 0. The van der Waals surface area contributed by atoms with Crippen LogP contribution in [0, 0.1) is 11.3 Å². The molecular formula is C15H12BrN. The van der Waals surface area contributed by atoms with E-state index in [1.54, 1.807) is 0 Å². The molecule has 0 aliphatic carbocycles. The molecule has 0 aliphatic heterocycles. The van der Waals surface area contributed by atoms with Crippen molar-refractivity contribution in [2.45, 2.75) is 5.41 Å². The van der Waals surface area contributed by atoms with Gasteiger partial charge in [0, 0.05) is 5.33 Å². The number of rotatable bonds is 3. The molecule has 2 rings (SSSR count). The molecule has 84 valence electrons. The molecule has 2 aromatic carbocycles. The highest BCUT2D eigenvalue weighted by Gasteiger charge is 2.32. The summed E-state index contributed by atoms with van der Waals surface area (Å²) in [7, 11) is 0. The van der Waals surface area contributed by atoms with E-state index in [2.05, 4.69) is 22.0 Å². The molecule has 0 aliphatic rings. The van der Waals surface area contributed by atoms with Crippen molar-refractivity contribution in [3.63, 3.8) is 0 Å². The SMILES string of the molecule is N#CC(CBr)(c1ccccc1)c1ccccc1. The molecule has 0 bridgehead atoms. The summed E-state index contributed by atoms with van der Waals surface area (Å²) in [5.74, 6) is 0. The highest BCUT2D eigenvalue weighted by Crippen LogP contribution is 2.33. The van der Waals surface area contributed by atoms with Crippen LogP contribution in [0.2, 0.25) is 0 Å². The van der Waals surface area contributed by atoms with Crippen LogP contribution in [0.5, 0.6) is 0 Å². The van der Waals surface area contributed by atoms with Crippen molar-refractivity contribution in [2.24, 2.45) is 0 Å². The Morgan fingerprint density at radius 2 is 1.29 bits per heavy atom. The van der Waals surface area contributed by atoms with Crippen molar-refractivity contribution in [3.8, 4) is 6.07 Å². The molecule has 0 N–H and O–H groups in total. The molecule has 0 aromatic heterocycles. The van der Waals surface area contributed by atoms with Gasteiger partial charge in [-0.3, -0.25) is 0 Å². The molecule has 0 saturated heterocycles. The fourth-order valence-corrected chi connectivity index (χ4v) is 2.70. The summed E-state index contributed by atoms with van der Waals surface area (Å²) in [6, 6.07) is 22.2. The predicted molar refractivity (Wildman–Crippen MR) is 73.1 cm³/mol. The van der Waals surface area contributed by atoms with Gasteiger partial charge in [-0.2, -0.15) is 5.26 Å². The van der Waals surface area contributed by atoms with E-state index in [9.17, 15) is 5.26 Å². The van der Waals surface area contributed by atoms with Crippen LogP contribution in [0.25, 0.3) is 0 Å². The standard InChI is InChI=1S/C15H12BrN/c16-11-15(12-17,13-7-3-1-4-8-13)14-9-5-2-6-10-14/h1-10H,11H2. The average molecular weight is 286 g/mol. The van der Waals surface area contributed by atoms with E-state index in [0.29, 0.717) is 5.33 Å². The van der Waals surface area contributed by atoms with Crippen molar-refractivity contribution < 1.29 is 0 Å². The summed E-state index contributed by atoms with van der Waals surface area (Å²) >= 11 is 3.48. The second kappa shape index (κ2) is 5.16. The molecule has 0 fully saturated rings. The second-order valence-corrected chi connectivity index (χ2v) is 4.44. The van der Waals surface area contributed by atoms with E-state index < -0.39 is 5.41 Å². The maximum Gasteiger partial charge on any atom is 0.117 e. The third kappa shape index (κ3) is 2.11. The van der Waals surface area contributed by atoms with Gasteiger partial charge in [0.15, 0.2) is 0 Å². The molecule has 0 saturated carbocycles. The molecule has 0 unspecified atom stereocenters. The zero-order chi connectivity index (χ0) is 12.1. The van der Waals surface area contributed by atoms with Crippen LogP contribution in [0.4, 0.5) is 0 Å². The number of halogens is 1. The van der Waals surface area contributed by atoms with Crippen LogP contribution in [0.15, 0.2) is 60.7 Å². The Balaban J connectivity index is 2.60. The number of benzene rings is 2. The number of nitrogens with zero attached hydrogens (tertiary/aromatic N) is 1. The fourth-order valence-electron chi connectivity index (χ4n) is 1.93. The minimum absolute atomic E-state index is 0.588. The Morgan fingerprint density at radius 3 is 1.59 bits per heavy atom. The van der Waals surface area contributed by atoms with Crippen molar-refractivity contribution in [3.05, 3.63) is 71.8 Å². The Bertz CT molecular complexity index is 474. The van der Waals surface area contributed by atoms with Gasteiger partial charge in [0.05, 0.1) is 6.07 Å². The van der Waals surface area contributed by atoms with Gasteiger partial charge in [0.1, 0.15) is 5.41 Å². The third-order valence-electron chi connectivity index (χ3n) is 2.92. The first-order valence-electron chi connectivity index (χ1n) is 5.42. The van der Waals surface area contributed by atoms with Gasteiger partial charge in [0.2, 0.25) is 0 Å². The van der Waals surface area contributed by atoms with E-state index in [4.69, 9.17) is 0 Å². The van der Waals surface area contributed by atoms with Crippen LogP contribution >= 0.6 is 15.9 Å². The smallest absolute Gasteiger partial charge is 0.117 e. The molecule has 1 nitrogen and oxygen atoms in total. The molecule has 0 amide bonds. The van der Waals surface area contributed by atoms with E-state index in [-0.39, 0.29) is 0 Å². The normalized spacial score (nSPS) is 10.8. The van der Waals surface area contributed by atoms with Crippen LogP contribution in [-0.2, 0) is 5.41 Å². The molecule has 0 heterocycles. The number of hydrogen-bond donors (Lipinski definition) is 0. The molecule has 17 heavy (non-hydrogen) atoms. The van der Waals surface area contributed by atoms with Crippen LogP contribution in [0.1, 0.15) is 11.1 Å². The lowest BCUT2D eigenvalue weighted by Crippen LogP contribution is -2.27. The fraction of sp³-hybridized carbons (Fsp3) is 0.133. The number of alkyl halides is 1. The van der Waals surface area contributed by atoms with Crippen LogP contribution in [0.3, 0.4) is 0 Å². The lowest BCUT2D eigenvalue weighted by Gasteiger charge is -2.25. The van der Waals surface area contributed by atoms with Crippen molar-refractivity contribution in [1.29, 1.82) is 5.26 Å². The first-order valence-corrected chi connectivity index (χ1v) is 6.54. The van der Waals surface area contributed by atoms with Crippen LogP contribution < -0.4 is 0 Å². The summed E-state index contributed by atoms with van der Waals surface area (Å²) in [5.41, 5.74) is 1.43. The van der Waals surface area contributed by atoms with Crippen molar-refractivity contribution >= 4 is 15.9 Å². The van der Waals surface area contributed by atoms with Gasteiger partial charge < -0.3 is 0 Å². The minimum Gasteiger partial charge on any atom is -0.197 e. The maximum absolute atomic E-state index is 9.60. The average Bonchev–Trinajstić information content (AvgIpc) is 2.43. The van der Waals surface area contributed by atoms with E-state index in [0.717, 1.165) is 11.1 Å². The lowest BCUT2D eigenvalue weighted by atomic mass is 9.77. The Labute approximate surface area is 110 Å². The quantitative estimate of drug-likeness (QED) is 0.785. The Morgan fingerprint density at radius 1 is 0.882 bits per heavy atom. The van der Waals surface area contributed by atoms with Crippen LogP contribution in [-0.4, -0.2) is 5.33 Å². The van der Waals surface area contributed by atoms with Gasteiger partial charge in [-0.25, -0.2) is 0 Å². The maximum atomic E-state index is 9.60. The summed E-state index contributed by atoms with van der Waals surface area (Å²) in [6.45, 7) is 0. The Hall–Kier alpha value is -1.59. The molecule has 2 heteroatoms. The number of hydrogen-bond acceptors (Lipinski definition) is 1. The van der Waals surface area contributed by atoms with Crippen molar-refractivity contribution in [2.75, 3.05) is 5.33 Å². The lowest BCUT2D eigenvalue weighted by molar-refractivity contribution is 0.760. The van der Waals surface area contributed by atoms with Gasteiger partial charge >= 0.3 is 0 Å². The monoisotopic (exact) mass is 285 g/mol. The van der Waals surface area contributed by atoms with Gasteiger partial charge in [-0.15, -0.1) is 0 Å². The summed E-state index contributed by atoms with van der Waals surface area (Å²) in [4.78, 5) is 0. The topological polar surface area (TPSA) is 23.8 Å². The first-order chi connectivity index (χ1) is 8.33. The van der Waals surface area contributed by atoms with E-state index >= 15 is 0 Å². The first kappa shape index (κ1) is 11.9. The zero-order valence-electron chi connectivity index (χ0n) is 9.31. The van der Waals surface area contributed by atoms with Gasteiger partial charge in [-0.05, 0) is 11.1 Å². The molecular weight excluding hydrogens is 274 g/mol. The molecule has 0 spiro atoms. The van der Waals surface area contributed by atoms with E-state index in [1.807, 2.05) is 60.7 Å². The second-order valence-electron chi connectivity index (χ2n) is 3.88. The highest BCUT2D eigenvalue weighted by molar-refractivity contribution is 9.09. The Kier molecular flexibility index (Phi) is 3.61. The van der Waals surface area contributed by atoms with Gasteiger partial charge in [-0.1, -0.05) is 76.6 Å². The van der Waals surface area contributed by atoms with Crippen molar-refractivity contribution in [1.82, 2.24) is 0 Å². The van der Waals surface area contributed by atoms with E-state index in [1.165, 1.54) is 0 Å². The molecule has 0 atom stereocenters. The zero-order valence-corrected chi connectivity index (χ0v) is 10.9. The summed E-state index contributed by atoms with van der Waals surface area (Å²) in [6.07, 6.45) is 0. The largest absolute Gasteiger partial charge is 0.197 e. The minimum atomic E-state index is -0.609. The number of nitriles is 1. The molecule has 2 aromatic rings. The molecule has 0 radical (unpaired) electrons.